The number of hydrogen-bond donors (Lipinski definition) is 2. The Morgan fingerprint density at radius 1 is 1.00 bits per heavy atom. The average molecular weight is 394 g/mol. The quantitative estimate of drug-likeness (QED) is 0.251. The second-order valence-electron chi connectivity index (χ2n) is 4.44. The summed E-state index contributed by atoms with van der Waals surface area (Å²) in [6.45, 7) is 0. The molecule has 144 valence electrons. The molecule has 9 nitrogen and oxygen atoms in total. The number of rotatable bonds is 6. The van der Waals surface area contributed by atoms with Crippen LogP contribution in [0.15, 0.2) is 17.2 Å². The van der Waals surface area contributed by atoms with Crippen LogP contribution in [0.1, 0.15) is 5.56 Å². The maximum atomic E-state index is 12.9. The lowest BCUT2D eigenvalue weighted by molar-refractivity contribution is -0.396. The Labute approximate surface area is 137 Å². The highest BCUT2D eigenvalue weighted by atomic mass is 19.4. The monoisotopic (exact) mass is 394 g/mol. The van der Waals surface area contributed by atoms with Gasteiger partial charge in [-0.05, 0) is 0 Å². The summed E-state index contributed by atoms with van der Waals surface area (Å²) < 4.78 is 86.8. The molecule has 0 aliphatic rings. The summed E-state index contributed by atoms with van der Waals surface area (Å²) in [5.74, 6) is -7.90. The Hall–Kier alpha value is -3.20. The molecule has 0 saturated carbocycles. The van der Waals surface area contributed by atoms with Crippen molar-refractivity contribution in [3.8, 4) is 5.75 Å². The highest BCUT2D eigenvalue weighted by Crippen LogP contribution is 2.45. The molecule has 0 aliphatic carbocycles. The van der Waals surface area contributed by atoms with Crippen molar-refractivity contribution >= 4 is 17.6 Å². The number of halogens is 7. The van der Waals surface area contributed by atoms with E-state index in [9.17, 15) is 56.1 Å². The zero-order valence-electron chi connectivity index (χ0n) is 11.8. The van der Waals surface area contributed by atoms with Gasteiger partial charge in [-0.2, -0.15) is 35.8 Å². The first kappa shape index (κ1) is 20.8. The fraction of sp³-hybridized carbons (Fsp3) is 0.300. The minimum absolute atomic E-state index is 0.0831. The van der Waals surface area contributed by atoms with E-state index in [0.29, 0.717) is 12.1 Å². The number of aromatic hydroxyl groups is 1. The number of nitrogens with one attached hydrogen (secondary N) is 1. The molecule has 0 atom stereocenters. The van der Waals surface area contributed by atoms with Crippen molar-refractivity contribution < 1.29 is 45.7 Å². The second-order valence-corrected chi connectivity index (χ2v) is 4.44. The molecule has 1 aromatic rings. The molecule has 0 amide bonds. The number of phenolic OH excluding ortho intramolecular Hbond substituents is 1. The van der Waals surface area contributed by atoms with Gasteiger partial charge in [0.1, 0.15) is 0 Å². The van der Waals surface area contributed by atoms with Crippen LogP contribution in [0.25, 0.3) is 0 Å². The zero-order chi connectivity index (χ0) is 20.5. The van der Waals surface area contributed by atoms with Crippen LogP contribution in [-0.4, -0.2) is 39.3 Å². The molecule has 0 aromatic heterocycles. The molecule has 0 heterocycles. The Bertz CT molecular complexity index is 730. The predicted octanol–water partition coefficient (Wildman–Crippen LogP) is 2.92. The number of nitro groups is 2. The first-order chi connectivity index (χ1) is 11.6. The van der Waals surface area contributed by atoms with E-state index in [-0.39, 0.29) is 11.6 Å². The minimum Gasteiger partial charge on any atom is -0.497 e. The lowest BCUT2D eigenvalue weighted by atomic mass is 10.1. The summed E-state index contributed by atoms with van der Waals surface area (Å²) in [6, 6.07) is -5.13. The van der Waals surface area contributed by atoms with Crippen molar-refractivity contribution in [2.24, 2.45) is 5.10 Å². The topological polar surface area (TPSA) is 131 Å². The van der Waals surface area contributed by atoms with Crippen molar-refractivity contribution in [2.45, 2.75) is 18.1 Å². The first-order valence-corrected chi connectivity index (χ1v) is 5.90. The lowest BCUT2D eigenvalue weighted by Crippen LogP contribution is -2.58. The van der Waals surface area contributed by atoms with Crippen LogP contribution in [0.2, 0.25) is 0 Å². The molecule has 0 saturated heterocycles. The van der Waals surface area contributed by atoms with Crippen LogP contribution in [0.3, 0.4) is 0 Å². The fourth-order valence-corrected chi connectivity index (χ4v) is 1.41. The Morgan fingerprint density at radius 2 is 1.42 bits per heavy atom. The SMILES string of the molecule is O=[N+]([O-])c1cc(/C=N\NC(F)(F)C(F)(F)C(F)(F)F)cc([N+](=O)[O-])c1O. The highest BCUT2D eigenvalue weighted by Gasteiger charge is 2.73. The first-order valence-electron chi connectivity index (χ1n) is 5.90. The van der Waals surface area contributed by atoms with Crippen LogP contribution >= 0.6 is 0 Å². The second kappa shape index (κ2) is 6.60. The molecule has 1 aromatic carbocycles. The van der Waals surface area contributed by atoms with Gasteiger partial charge in [0.15, 0.2) is 0 Å². The Balaban J connectivity index is 3.20. The molecular weight excluding hydrogens is 389 g/mol. The molecule has 0 bridgehead atoms. The summed E-state index contributed by atoms with van der Waals surface area (Å²) in [5.41, 5.74) is -3.01. The normalized spacial score (nSPS) is 13.0. The van der Waals surface area contributed by atoms with E-state index in [1.807, 2.05) is 0 Å². The van der Waals surface area contributed by atoms with Crippen LogP contribution in [0.5, 0.6) is 5.75 Å². The van der Waals surface area contributed by atoms with Crippen LogP contribution in [0.4, 0.5) is 42.1 Å². The van der Waals surface area contributed by atoms with Gasteiger partial charge in [-0.15, -0.1) is 0 Å². The summed E-state index contributed by atoms with van der Waals surface area (Å²) in [5, 5.41) is 33.0. The van der Waals surface area contributed by atoms with Gasteiger partial charge in [0, 0.05) is 17.7 Å². The molecule has 1 rings (SSSR count). The molecule has 0 unspecified atom stereocenters. The van der Waals surface area contributed by atoms with E-state index in [4.69, 9.17) is 0 Å². The summed E-state index contributed by atoms with van der Waals surface area (Å²) in [7, 11) is 0. The molecule has 2 N–H and O–H groups in total. The van der Waals surface area contributed by atoms with E-state index in [2.05, 4.69) is 5.10 Å². The number of alkyl halides is 7. The van der Waals surface area contributed by atoms with Crippen LogP contribution in [-0.2, 0) is 0 Å². The van der Waals surface area contributed by atoms with Crippen LogP contribution in [0, 0.1) is 20.2 Å². The van der Waals surface area contributed by atoms with Gasteiger partial charge in [-0.25, -0.2) is 5.43 Å². The summed E-state index contributed by atoms with van der Waals surface area (Å²) in [4.78, 5) is 18.7. The van der Waals surface area contributed by atoms with Crippen LogP contribution < -0.4 is 5.43 Å². The molecule has 0 fully saturated rings. The van der Waals surface area contributed by atoms with E-state index in [1.54, 1.807) is 0 Å². The van der Waals surface area contributed by atoms with E-state index < -0.39 is 50.7 Å². The van der Waals surface area contributed by atoms with Gasteiger partial charge in [0.05, 0.1) is 16.1 Å². The third kappa shape index (κ3) is 3.89. The molecule has 16 heteroatoms. The molecule has 26 heavy (non-hydrogen) atoms. The highest BCUT2D eigenvalue weighted by molar-refractivity contribution is 5.83. The van der Waals surface area contributed by atoms with Gasteiger partial charge in [0.25, 0.3) is 5.75 Å². The smallest absolute Gasteiger partial charge is 0.462 e. The number of nitro benzene ring substituents is 2. The fourth-order valence-electron chi connectivity index (χ4n) is 1.41. The largest absolute Gasteiger partial charge is 0.497 e. The molecular formula is C10H5F7N4O5. The van der Waals surface area contributed by atoms with Gasteiger partial charge >= 0.3 is 29.5 Å². The van der Waals surface area contributed by atoms with Crippen molar-refractivity contribution in [1.29, 1.82) is 0 Å². The number of hydrazone groups is 1. The van der Waals surface area contributed by atoms with E-state index in [1.165, 1.54) is 0 Å². The lowest BCUT2D eigenvalue weighted by Gasteiger charge is -2.27. The number of phenols is 1. The summed E-state index contributed by atoms with van der Waals surface area (Å²) >= 11 is 0. The van der Waals surface area contributed by atoms with Crippen molar-refractivity contribution in [1.82, 2.24) is 5.43 Å². The minimum atomic E-state index is -6.62. The third-order valence-electron chi connectivity index (χ3n) is 2.65. The third-order valence-corrected chi connectivity index (χ3v) is 2.65. The van der Waals surface area contributed by atoms with Gasteiger partial charge in [0.2, 0.25) is 0 Å². The zero-order valence-corrected chi connectivity index (χ0v) is 11.8. The van der Waals surface area contributed by atoms with Crippen molar-refractivity contribution in [3.63, 3.8) is 0 Å². The standard InChI is InChI=1S/C10H5F7N4O5/c11-8(12,9(13,14)15)10(16,17)19-18-3-4-1-5(20(23)24)7(22)6(2-4)21(25)26/h1-3,19,22H/b18-3-. The molecule has 0 radical (unpaired) electrons. The Morgan fingerprint density at radius 3 is 1.77 bits per heavy atom. The molecule has 0 spiro atoms. The predicted molar refractivity (Wildman–Crippen MR) is 68.1 cm³/mol. The number of benzene rings is 1. The number of hydrogen-bond acceptors (Lipinski definition) is 7. The van der Waals surface area contributed by atoms with Gasteiger partial charge in [-0.1, -0.05) is 0 Å². The molecule has 0 aliphatic heterocycles. The van der Waals surface area contributed by atoms with Gasteiger partial charge < -0.3 is 5.11 Å². The van der Waals surface area contributed by atoms with E-state index in [0.717, 1.165) is 0 Å². The maximum absolute atomic E-state index is 12.9. The maximum Gasteiger partial charge on any atom is 0.462 e. The average Bonchev–Trinajstić information content (AvgIpc) is 2.46. The number of nitrogens with zero attached hydrogens (tertiary/aromatic N) is 3. The van der Waals surface area contributed by atoms with E-state index >= 15 is 0 Å². The van der Waals surface area contributed by atoms with Crippen molar-refractivity contribution in [2.75, 3.05) is 0 Å². The summed E-state index contributed by atoms with van der Waals surface area (Å²) in [6.07, 6.45) is -6.53. The van der Waals surface area contributed by atoms with Gasteiger partial charge in [-0.3, -0.25) is 20.2 Å². The van der Waals surface area contributed by atoms with Crippen molar-refractivity contribution in [3.05, 3.63) is 37.9 Å². The Kier molecular flexibility index (Phi) is 5.29.